The maximum atomic E-state index is 11.9. The largest absolute Gasteiger partial charge is 0.495 e. The summed E-state index contributed by atoms with van der Waals surface area (Å²) < 4.78 is 10.8. The van der Waals surface area contributed by atoms with Gasteiger partial charge in [-0.05, 0) is 35.0 Å². The van der Waals surface area contributed by atoms with Crippen LogP contribution in [0.15, 0.2) is 16.6 Å². The molecule has 0 aromatic heterocycles. The number of benzene rings is 1. The van der Waals surface area contributed by atoms with E-state index in [0.717, 1.165) is 0 Å². The lowest BCUT2D eigenvalue weighted by molar-refractivity contribution is -0.138. The first-order chi connectivity index (χ1) is 8.90. The molecule has 1 aromatic carbocycles. The molecular formula is C12H14BrNO5. The second-order valence-electron chi connectivity index (χ2n) is 3.73. The second kappa shape index (κ2) is 6.42. The fourth-order valence-corrected chi connectivity index (χ4v) is 1.89. The Balaban J connectivity index is 3.06. The van der Waals surface area contributed by atoms with E-state index in [-0.39, 0.29) is 5.56 Å². The zero-order valence-electron chi connectivity index (χ0n) is 10.7. The predicted molar refractivity (Wildman–Crippen MR) is 71.8 cm³/mol. The van der Waals surface area contributed by atoms with Gasteiger partial charge in [0.15, 0.2) is 0 Å². The van der Waals surface area contributed by atoms with Gasteiger partial charge in [-0.15, -0.1) is 0 Å². The first-order valence-corrected chi connectivity index (χ1v) is 6.15. The van der Waals surface area contributed by atoms with Crippen molar-refractivity contribution in [3.05, 3.63) is 22.2 Å². The van der Waals surface area contributed by atoms with Crippen LogP contribution in [0.2, 0.25) is 0 Å². The molecule has 1 aromatic rings. The number of hydrogen-bond acceptors (Lipinski definition) is 4. The highest BCUT2D eigenvalue weighted by molar-refractivity contribution is 9.10. The average molecular weight is 332 g/mol. The van der Waals surface area contributed by atoms with Crippen molar-refractivity contribution in [3.8, 4) is 11.5 Å². The molecule has 104 valence electrons. The number of carboxylic acids is 1. The number of methoxy groups -OCH3 is 2. The molecular weight excluding hydrogens is 318 g/mol. The molecule has 6 nitrogen and oxygen atoms in total. The highest BCUT2D eigenvalue weighted by Crippen LogP contribution is 2.35. The van der Waals surface area contributed by atoms with Crippen molar-refractivity contribution in [2.24, 2.45) is 0 Å². The van der Waals surface area contributed by atoms with Gasteiger partial charge in [0.2, 0.25) is 0 Å². The summed E-state index contributed by atoms with van der Waals surface area (Å²) >= 11 is 3.28. The minimum atomic E-state index is -1.11. The van der Waals surface area contributed by atoms with Crippen molar-refractivity contribution in [1.82, 2.24) is 5.32 Å². The normalized spacial score (nSPS) is 11.6. The first kappa shape index (κ1) is 15.3. The summed E-state index contributed by atoms with van der Waals surface area (Å²) in [5.41, 5.74) is 0.255. The number of aliphatic carboxylic acids is 1. The highest BCUT2D eigenvalue weighted by atomic mass is 79.9. The standard InChI is InChI=1S/C12H14BrNO5/c1-6(12(16)17)14-11(15)7-4-8(18-2)10(13)9(5-7)19-3/h4-6H,1-3H3,(H,14,15)(H,16,17). The molecule has 0 aliphatic heterocycles. The second-order valence-corrected chi connectivity index (χ2v) is 4.52. The first-order valence-electron chi connectivity index (χ1n) is 5.35. The molecule has 19 heavy (non-hydrogen) atoms. The molecule has 1 atom stereocenters. The molecule has 0 saturated heterocycles. The van der Waals surface area contributed by atoms with Crippen LogP contribution in [0.25, 0.3) is 0 Å². The smallest absolute Gasteiger partial charge is 0.325 e. The Hall–Kier alpha value is -1.76. The Bertz CT molecular complexity index is 478. The van der Waals surface area contributed by atoms with Crippen LogP contribution in [-0.4, -0.2) is 37.2 Å². The molecule has 1 unspecified atom stereocenters. The van der Waals surface area contributed by atoms with Gasteiger partial charge in [-0.2, -0.15) is 0 Å². The van der Waals surface area contributed by atoms with E-state index >= 15 is 0 Å². The summed E-state index contributed by atoms with van der Waals surface area (Å²) in [4.78, 5) is 22.6. The van der Waals surface area contributed by atoms with E-state index < -0.39 is 17.9 Å². The molecule has 0 heterocycles. The third-order valence-electron chi connectivity index (χ3n) is 2.43. The zero-order chi connectivity index (χ0) is 14.6. The Morgan fingerprint density at radius 3 is 2.11 bits per heavy atom. The monoisotopic (exact) mass is 331 g/mol. The third kappa shape index (κ3) is 3.60. The number of carboxylic acid groups (broad SMARTS) is 1. The van der Waals surface area contributed by atoms with E-state index in [4.69, 9.17) is 14.6 Å². The van der Waals surface area contributed by atoms with Crippen LogP contribution < -0.4 is 14.8 Å². The highest BCUT2D eigenvalue weighted by Gasteiger charge is 2.18. The Morgan fingerprint density at radius 2 is 1.74 bits per heavy atom. The molecule has 0 radical (unpaired) electrons. The van der Waals surface area contributed by atoms with Gasteiger partial charge in [0, 0.05) is 5.56 Å². The van der Waals surface area contributed by atoms with E-state index in [9.17, 15) is 9.59 Å². The summed E-state index contributed by atoms with van der Waals surface area (Å²) in [5, 5.41) is 11.1. The zero-order valence-corrected chi connectivity index (χ0v) is 12.3. The molecule has 1 rings (SSSR count). The van der Waals surface area contributed by atoms with Crippen LogP contribution in [0, 0.1) is 0 Å². The lowest BCUT2D eigenvalue weighted by Crippen LogP contribution is -2.38. The van der Waals surface area contributed by atoms with Gasteiger partial charge in [0.1, 0.15) is 22.0 Å². The van der Waals surface area contributed by atoms with Crippen molar-refractivity contribution in [3.63, 3.8) is 0 Å². The van der Waals surface area contributed by atoms with Crippen LogP contribution >= 0.6 is 15.9 Å². The van der Waals surface area contributed by atoms with Gasteiger partial charge in [0.25, 0.3) is 5.91 Å². The van der Waals surface area contributed by atoms with Crippen LogP contribution in [0.1, 0.15) is 17.3 Å². The molecule has 0 aliphatic carbocycles. The van der Waals surface area contributed by atoms with Gasteiger partial charge in [0.05, 0.1) is 14.2 Å². The summed E-state index contributed by atoms with van der Waals surface area (Å²) in [5.74, 6) is -0.775. The van der Waals surface area contributed by atoms with Crippen molar-refractivity contribution >= 4 is 27.8 Å². The average Bonchev–Trinajstić information content (AvgIpc) is 2.38. The van der Waals surface area contributed by atoms with Gasteiger partial charge < -0.3 is 19.9 Å². The van der Waals surface area contributed by atoms with Crippen molar-refractivity contribution in [2.75, 3.05) is 14.2 Å². The Morgan fingerprint density at radius 1 is 1.26 bits per heavy atom. The van der Waals surface area contributed by atoms with E-state index in [1.807, 2.05) is 0 Å². The fraction of sp³-hybridized carbons (Fsp3) is 0.333. The number of hydrogen-bond donors (Lipinski definition) is 2. The summed E-state index contributed by atoms with van der Waals surface area (Å²) in [6.45, 7) is 1.38. The van der Waals surface area contributed by atoms with Gasteiger partial charge >= 0.3 is 5.97 Å². The quantitative estimate of drug-likeness (QED) is 0.857. The number of ether oxygens (including phenoxy) is 2. The maximum Gasteiger partial charge on any atom is 0.325 e. The topological polar surface area (TPSA) is 84.9 Å². The molecule has 1 amide bonds. The van der Waals surface area contributed by atoms with E-state index in [2.05, 4.69) is 21.2 Å². The van der Waals surface area contributed by atoms with Crippen molar-refractivity contribution in [1.29, 1.82) is 0 Å². The maximum absolute atomic E-state index is 11.9. The molecule has 0 aliphatic rings. The van der Waals surface area contributed by atoms with Crippen molar-refractivity contribution < 1.29 is 24.2 Å². The Labute approximate surface area is 118 Å². The molecule has 0 saturated carbocycles. The fourth-order valence-electron chi connectivity index (χ4n) is 1.34. The SMILES string of the molecule is COc1cc(C(=O)NC(C)C(=O)O)cc(OC)c1Br. The summed E-state index contributed by atoms with van der Waals surface area (Å²) in [6.07, 6.45) is 0. The molecule has 0 spiro atoms. The molecule has 2 N–H and O–H groups in total. The molecule has 7 heteroatoms. The lowest BCUT2D eigenvalue weighted by Gasteiger charge is -2.13. The number of halogens is 1. The van der Waals surface area contributed by atoms with Gasteiger partial charge in [-0.3, -0.25) is 9.59 Å². The number of nitrogens with one attached hydrogen (secondary N) is 1. The Kier molecular flexibility index (Phi) is 5.17. The van der Waals surface area contributed by atoms with Crippen LogP contribution in [0.3, 0.4) is 0 Å². The third-order valence-corrected chi connectivity index (χ3v) is 3.21. The number of carbonyl (C=O) groups excluding carboxylic acids is 1. The van der Waals surface area contributed by atoms with E-state index in [1.54, 1.807) is 0 Å². The van der Waals surface area contributed by atoms with Crippen LogP contribution in [-0.2, 0) is 4.79 Å². The summed E-state index contributed by atoms with van der Waals surface area (Å²) in [7, 11) is 2.92. The van der Waals surface area contributed by atoms with Gasteiger partial charge in [-0.1, -0.05) is 0 Å². The lowest BCUT2D eigenvalue weighted by atomic mass is 10.1. The van der Waals surface area contributed by atoms with Crippen LogP contribution in [0.5, 0.6) is 11.5 Å². The molecule has 0 bridgehead atoms. The summed E-state index contributed by atoms with van der Waals surface area (Å²) in [6, 6.07) is 2.01. The van der Waals surface area contributed by atoms with E-state index in [1.165, 1.54) is 33.3 Å². The predicted octanol–water partition coefficient (Wildman–Crippen LogP) is 1.67. The minimum Gasteiger partial charge on any atom is -0.495 e. The number of rotatable bonds is 5. The minimum absolute atomic E-state index is 0.255. The van der Waals surface area contributed by atoms with Crippen molar-refractivity contribution in [2.45, 2.75) is 13.0 Å². The number of carbonyl (C=O) groups is 2. The molecule has 0 fully saturated rings. The number of amides is 1. The van der Waals surface area contributed by atoms with E-state index in [0.29, 0.717) is 16.0 Å². The van der Waals surface area contributed by atoms with Gasteiger partial charge in [-0.25, -0.2) is 0 Å². The van der Waals surface area contributed by atoms with Crippen LogP contribution in [0.4, 0.5) is 0 Å².